The number of hydrogen-bond donors (Lipinski definition) is 0. The summed E-state index contributed by atoms with van der Waals surface area (Å²) < 4.78 is 5.10. The normalized spacial score (nSPS) is 12.5. The zero-order valence-corrected chi connectivity index (χ0v) is 14.7. The summed E-state index contributed by atoms with van der Waals surface area (Å²) in [7, 11) is 5.38. The highest BCUT2D eigenvalue weighted by Crippen LogP contribution is 2.35. The Morgan fingerprint density at radius 1 is 1.29 bits per heavy atom. The van der Waals surface area contributed by atoms with Crippen LogP contribution >= 0.6 is 34.8 Å². The molecule has 0 spiro atoms. The van der Waals surface area contributed by atoms with E-state index in [1.807, 2.05) is 19.0 Å². The zero-order chi connectivity index (χ0) is 16.0. The van der Waals surface area contributed by atoms with Crippen LogP contribution in [0.5, 0.6) is 5.75 Å². The monoisotopic (exact) mass is 351 g/mol. The van der Waals surface area contributed by atoms with E-state index < -0.39 is 0 Å². The number of benzene rings is 1. The first-order valence-electron chi connectivity index (χ1n) is 6.69. The van der Waals surface area contributed by atoms with E-state index in [0.717, 1.165) is 12.8 Å². The van der Waals surface area contributed by atoms with Gasteiger partial charge in [0.1, 0.15) is 10.8 Å². The van der Waals surface area contributed by atoms with Crippen molar-refractivity contribution in [3.05, 3.63) is 27.7 Å². The molecule has 3 nitrogen and oxygen atoms in total. The molecule has 1 atom stereocenters. The van der Waals surface area contributed by atoms with Crippen LogP contribution in [0.3, 0.4) is 0 Å². The van der Waals surface area contributed by atoms with Crippen molar-refractivity contribution in [2.45, 2.75) is 12.8 Å². The van der Waals surface area contributed by atoms with E-state index in [0.29, 0.717) is 23.7 Å². The van der Waals surface area contributed by atoms with Gasteiger partial charge >= 0.3 is 0 Å². The van der Waals surface area contributed by atoms with Crippen molar-refractivity contribution in [2.24, 2.45) is 5.92 Å². The number of alkyl halides is 1. The molecular formula is C15H20Cl3NO2. The average Bonchev–Trinajstić information content (AvgIpc) is 2.45. The molecule has 1 aromatic rings. The van der Waals surface area contributed by atoms with E-state index in [-0.39, 0.29) is 21.7 Å². The first kappa shape index (κ1) is 18.6. The number of halogens is 3. The zero-order valence-electron chi connectivity index (χ0n) is 12.5. The van der Waals surface area contributed by atoms with Gasteiger partial charge in [-0.3, -0.25) is 4.79 Å². The molecular weight excluding hydrogens is 333 g/mol. The summed E-state index contributed by atoms with van der Waals surface area (Å²) in [5, 5.41) is 0.515. The van der Waals surface area contributed by atoms with Gasteiger partial charge in [0, 0.05) is 23.9 Å². The number of hydrogen-bond acceptors (Lipinski definition) is 3. The fraction of sp³-hybridized carbons (Fsp3) is 0.533. The Morgan fingerprint density at radius 2 is 1.95 bits per heavy atom. The van der Waals surface area contributed by atoms with Crippen molar-refractivity contribution < 1.29 is 9.53 Å². The third-order valence-electron chi connectivity index (χ3n) is 3.17. The highest BCUT2D eigenvalue weighted by Gasteiger charge is 2.24. The second-order valence-corrected chi connectivity index (χ2v) is 6.23. The van der Waals surface area contributed by atoms with Gasteiger partial charge in [0.25, 0.3) is 0 Å². The number of rotatable bonds is 8. The molecule has 0 aliphatic carbocycles. The molecule has 21 heavy (non-hydrogen) atoms. The van der Waals surface area contributed by atoms with Crippen LogP contribution in [0.2, 0.25) is 10.0 Å². The summed E-state index contributed by atoms with van der Waals surface area (Å²) in [5.41, 5.74) is 0.434. The van der Waals surface area contributed by atoms with Crippen LogP contribution in [-0.2, 0) is 0 Å². The number of ketones is 1. The summed E-state index contributed by atoms with van der Waals surface area (Å²) in [5.74, 6) is 0.834. The molecule has 0 aliphatic rings. The average molecular weight is 353 g/mol. The highest BCUT2D eigenvalue weighted by atomic mass is 35.5. The third kappa shape index (κ3) is 5.03. The molecule has 1 unspecified atom stereocenters. The Balaban J connectivity index is 3.05. The van der Waals surface area contributed by atoms with Crippen LogP contribution in [0.1, 0.15) is 23.2 Å². The minimum Gasteiger partial charge on any atom is -0.495 e. The second-order valence-electron chi connectivity index (χ2n) is 5.10. The van der Waals surface area contributed by atoms with Crippen LogP contribution in [0.15, 0.2) is 12.1 Å². The van der Waals surface area contributed by atoms with E-state index in [2.05, 4.69) is 0 Å². The lowest BCUT2D eigenvalue weighted by molar-refractivity contribution is 0.0889. The molecule has 0 radical (unpaired) electrons. The molecule has 0 aliphatic heterocycles. The number of nitrogens with zero attached hydrogens (tertiary/aromatic N) is 1. The van der Waals surface area contributed by atoms with Crippen LogP contribution in [0.4, 0.5) is 0 Å². The number of ether oxygens (including phenoxy) is 1. The first-order valence-corrected chi connectivity index (χ1v) is 7.98. The number of carbonyl (C=O) groups is 1. The highest BCUT2D eigenvalue weighted by molar-refractivity contribution is 6.44. The molecule has 0 bridgehead atoms. The van der Waals surface area contributed by atoms with Gasteiger partial charge in [0.15, 0.2) is 5.78 Å². The predicted molar refractivity (Wildman–Crippen MR) is 89.3 cm³/mol. The van der Waals surface area contributed by atoms with Crippen molar-refractivity contribution in [3.8, 4) is 5.75 Å². The van der Waals surface area contributed by atoms with E-state index in [9.17, 15) is 4.79 Å². The fourth-order valence-electron chi connectivity index (χ4n) is 2.17. The minimum absolute atomic E-state index is 0.0108. The summed E-state index contributed by atoms with van der Waals surface area (Å²) in [4.78, 5) is 14.7. The Morgan fingerprint density at radius 3 is 2.48 bits per heavy atom. The largest absolute Gasteiger partial charge is 0.495 e. The van der Waals surface area contributed by atoms with Gasteiger partial charge in [0.05, 0.1) is 12.1 Å². The number of carbonyl (C=O) groups excluding carboxylic acids is 1. The summed E-state index contributed by atoms with van der Waals surface area (Å²) in [6.45, 7) is 0.649. The van der Waals surface area contributed by atoms with Gasteiger partial charge in [-0.05, 0) is 39.1 Å². The van der Waals surface area contributed by atoms with Crippen LogP contribution in [0, 0.1) is 5.92 Å². The Labute approximate surface area is 141 Å². The van der Waals surface area contributed by atoms with Gasteiger partial charge < -0.3 is 9.64 Å². The summed E-state index contributed by atoms with van der Waals surface area (Å²) >= 11 is 18.1. The van der Waals surface area contributed by atoms with E-state index >= 15 is 0 Å². The molecule has 0 heterocycles. The molecule has 118 valence electrons. The maximum Gasteiger partial charge on any atom is 0.168 e. The van der Waals surface area contributed by atoms with Crippen molar-refractivity contribution in [3.63, 3.8) is 0 Å². The maximum absolute atomic E-state index is 12.7. The molecule has 1 rings (SSSR count). The molecule has 0 aromatic heterocycles. The lowest BCUT2D eigenvalue weighted by Crippen LogP contribution is -2.28. The topological polar surface area (TPSA) is 29.5 Å². The summed E-state index contributed by atoms with van der Waals surface area (Å²) in [6, 6.07) is 3.33. The predicted octanol–water partition coefficient (Wildman–Crippen LogP) is 4.38. The van der Waals surface area contributed by atoms with Gasteiger partial charge in [0.2, 0.25) is 0 Å². The SMILES string of the molecule is COc1ccc(C(=O)C(CCCCl)CN(C)C)c(Cl)c1Cl. The Bertz CT molecular complexity index is 492. The van der Waals surface area contributed by atoms with Gasteiger partial charge in [-0.1, -0.05) is 23.2 Å². The van der Waals surface area contributed by atoms with Gasteiger partial charge in [-0.2, -0.15) is 0 Å². The standard InChI is InChI=1S/C15H20Cl3NO2/c1-19(2)9-10(5-4-8-16)15(20)11-6-7-12(21-3)14(18)13(11)17/h6-7,10H,4-5,8-9H2,1-3H3. The van der Waals surface area contributed by atoms with Gasteiger partial charge in [-0.25, -0.2) is 0 Å². The molecule has 0 saturated carbocycles. The lowest BCUT2D eigenvalue weighted by atomic mass is 9.93. The van der Waals surface area contributed by atoms with Gasteiger partial charge in [-0.15, -0.1) is 11.6 Å². The Kier molecular flexibility index (Phi) is 7.82. The van der Waals surface area contributed by atoms with E-state index in [1.54, 1.807) is 12.1 Å². The van der Waals surface area contributed by atoms with Crippen LogP contribution in [0.25, 0.3) is 0 Å². The smallest absolute Gasteiger partial charge is 0.168 e. The second kappa shape index (κ2) is 8.84. The molecule has 6 heteroatoms. The lowest BCUT2D eigenvalue weighted by Gasteiger charge is -2.20. The van der Waals surface area contributed by atoms with Crippen LogP contribution in [-0.4, -0.2) is 44.3 Å². The molecule has 0 fully saturated rings. The molecule has 0 amide bonds. The van der Waals surface area contributed by atoms with Crippen molar-refractivity contribution in [1.82, 2.24) is 4.90 Å². The number of Topliss-reactive ketones (excluding diaryl/α,β-unsaturated/α-hetero) is 1. The number of methoxy groups -OCH3 is 1. The van der Waals surface area contributed by atoms with Crippen molar-refractivity contribution in [1.29, 1.82) is 0 Å². The van der Waals surface area contributed by atoms with E-state index in [1.165, 1.54) is 7.11 Å². The maximum atomic E-state index is 12.7. The fourth-order valence-corrected chi connectivity index (χ4v) is 2.81. The van der Waals surface area contributed by atoms with Crippen molar-refractivity contribution in [2.75, 3.05) is 33.6 Å². The quantitative estimate of drug-likeness (QED) is 0.513. The van der Waals surface area contributed by atoms with Crippen LogP contribution < -0.4 is 4.74 Å². The molecule has 1 aromatic carbocycles. The Hall–Kier alpha value is -0.480. The molecule has 0 N–H and O–H groups in total. The van der Waals surface area contributed by atoms with Crippen molar-refractivity contribution >= 4 is 40.6 Å². The summed E-state index contributed by atoms with van der Waals surface area (Å²) in [6.07, 6.45) is 1.51. The minimum atomic E-state index is -0.152. The van der Waals surface area contributed by atoms with E-state index in [4.69, 9.17) is 39.5 Å². The third-order valence-corrected chi connectivity index (χ3v) is 4.31. The first-order chi connectivity index (χ1) is 9.92. The molecule has 0 saturated heterocycles.